The molecule has 16 heteroatoms. The van der Waals surface area contributed by atoms with E-state index in [1.165, 1.54) is 26.6 Å². The maximum absolute atomic E-state index is 13.7. The first-order chi connectivity index (χ1) is 30.0. The van der Waals surface area contributed by atoms with Crippen molar-refractivity contribution in [3.8, 4) is 5.00 Å². The molecule has 11 nitrogen and oxygen atoms in total. The molecule has 2 atom stereocenters. The van der Waals surface area contributed by atoms with Gasteiger partial charge in [0.25, 0.3) is 0 Å². The Hall–Kier alpha value is -4.77. The van der Waals surface area contributed by atoms with Crippen molar-refractivity contribution in [3.05, 3.63) is 111 Å². The summed E-state index contributed by atoms with van der Waals surface area (Å²) in [5.41, 5.74) is 10.3. The van der Waals surface area contributed by atoms with Crippen LogP contribution in [0.4, 0.5) is 24.5 Å². The van der Waals surface area contributed by atoms with Crippen LogP contribution >= 0.6 is 24.8 Å². The summed E-state index contributed by atoms with van der Waals surface area (Å²) in [4.78, 5) is 20.3. The highest BCUT2D eigenvalue weighted by Gasteiger charge is 2.39. The predicted octanol–water partition coefficient (Wildman–Crippen LogP) is 9.12. The molecule has 2 unspecified atom stereocenters. The number of aromatic nitrogens is 6. The molecule has 63 heavy (non-hydrogen) atoms. The third-order valence-corrected chi connectivity index (χ3v) is 14.4. The molecule has 0 aliphatic carbocycles. The van der Waals surface area contributed by atoms with E-state index in [0.717, 1.165) is 114 Å². The Morgan fingerprint density at radius 1 is 0.825 bits per heavy atom. The van der Waals surface area contributed by atoms with Gasteiger partial charge in [-0.1, -0.05) is 32.0 Å². The number of nitrogens with one attached hydrogen (secondary N) is 1. The van der Waals surface area contributed by atoms with Gasteiger partial charge in [0.05, 0.1) is 47.6 Å². The van der Waals surface area contributed by atoms with Crippen molar-refractivity contribution in [3.63, 3.8) is 0 Å². The molecule has 10 rings (SSSR count). The Labute approximate surface area is 378 Å². The van der Waals surface area contributed by atoms with Gasteiger partial charge in [-0.3, -0.25) is 29.4 Å². The largest absolute Gasteiger partial charge is 0.401 e. The number of piperazine rings is 1. The molecule has 2 fully saturated rings. The fraction of sp³-hybridized carbons (Fsp3) is 0.468. The van der Waals surface area contributed by atoms with Gasteiger partial charge in [0.15, 0.2) is 5.82 Å². The average Bonchev–Trinajstić information content (AvgIpc) is 3.98. The van der Waals surface area contributed by atoms with E-state index in [1.54, 1.807) is 17.5 Å². The van der Waals surface area contributed by atoms with Crippen molar-refractivity contribution in [1.82, 2.24) is 39.7 Å². The number of aryl methyl sites for hydroxylation is 2. The number of fused-ring (bicyclic) bond motifs is 6. The Balaban J connectivity index is 0.00000179. The minimum atomic E-state index is -4.30. The van der Waals surface area contributed by atoms with Gasteiger partial charge in [0.1, 0.15) is 16.9 Å². The van der Waals surface area contributed by atoms with Crippen molar-refractivity contribution >= 4 is 52.8 Å². The quantitative estimate of drug-likeness (QED) is 0.170. The van der Waals surface area contributed by atoms with Crippen molar-refractivity contribution in [1.29, 1.82) is 0 Å². The molecule has 4 aromatic heterocycles. The third-order valence-electron chi connectivity index (χ3n) is 13.2. The summed E-state index contributed by atoms with van der Waals surface area (Å²) in [6.45, 7) is 18.7. The van der Waals surface area contributed by atoms with Gasteiger partial charge in [0, 0.05) is 79.4 Å². The topological polar surface area (TPSA) is 97.6 Å². The molecule has 6 aromatic rings. The molecule has 2 aromatic carbocycles. The van der Waals surface area contributed by atoms with Crippen LogP contribution in [0.3, 0.4) is 0 Å². The van der Waals surface area contributed by atoms with Gasteiger partial charge in [-0.25, -0.2) is 0 Å². The summed E-state index contributed by atoms with van der Waals surface area (Å²) in [7, 11) is 0. The van der Waals surface area contributed by atoms with Crippen molar-refractivity contribution in [2.75, 3.05) is 68.7 Å². The van der Waals surface area contributed by atoms with Crippen LogP contribution < -0.4 is 9.80 Å². The fourth-order valence-electron chi connectivity index (χ4n) is 9.94. The molecule has 0 bridgehead atoms. The molecule has 8 heterocycles. The van der Waals surface area contributed by atoms with E-state index in [1.807, 2.05) is 51.2 Å². The van der Waals surface area contributed by atoms with E-state index in [4.69, 9.17) is 9.98 Å². The zero-order valence-electron chi connectivity index (χ0n) is 37.0. The molecule has 4 aliphatic heterocycles. The number of nitrogens with zero attached hydrogens (tertiary/aromatic N) is 10. The maximum atomic E-state index is 13.7. The number of aliphatic imine (C=N–C) groups is 1. The van der Waals surface area contributed by atoms with Crippen LogP contribution in [0.15, 0.2) is 65.9 Å². The number of pyridine rings is 1. The molecule has 0 radical (unpaired) electrons. The second-order valence-electron chi connectivity index (χ2n) is 17.0. The number of halogens is 3. The van der Waals surface area contributed by atoms with Crippen LogP contribution in [-0.4, -0.2) is 111 Å². The van der Waals surface area contributed by atoms with Crippen molar-refractivity contribution in [2.45, 2.75) is 79.1 Å². The predicted molar refractivity (Wildman–Crippen MR) is 253 cm³/mol. The van der Waals surface area contributed by atoms with E-state index < -0.39 is 18.8 Å². The highest BCUT2D eigenvalue weighted by Crippen LogP contribution is 2.41. The lowest BCUT2D eigenvalue weighted by Gasteiger charge is -2.40. The maximum Gasteiger partial charge on any atom is 0.401 e. The summed E-state index contributed by atoms with van der Waals surface area (Å²) in [6, 6.07) is 16.1. The lowest BCUT2D eigenvalue weighted by Crippen LogP contribution is -2.49. The lowest BCUT2D eigenvalue weighted by molar-refractivity contribution is -0.150. The first-order valence-electron chi connectivity index (χ1n) is 22.1. The van der Waals surface area contributed by atoms with Gasteiger partial charge >= 0.3 is 6.18 Å². The number of anilines is 2. The van der Waals surface area contributed by atoms with E-state index in [9.17, 15) is 13.2 Å². The summed E-state index contributed by atoms with van der Waals surface area (Å²) < 4.78 is 43.4. The minimum Gasteiger partial charge on any atom is -0.372 e. The van der Waals surface area contributed by atoms with Crippen LogP contribution in [0.5, 0.6) is 0 Å². The van der Waals surface area contributed by atoms with Gasteiger partial charge in [0.2, 0.25) is 0 Å². The molecule has 1 N–H and O–H groups in total. The molecule has 0 amide bonds. The molecular formula is C47H58F3N11S2. The number of hydrogen-bond acceptors (Lipinski definition) is 10. The van der Waals surface area contributed by atoms with E-state index in [2.05, 4.69) is 84.7 Å². The SMILES string of the molecule is CC.Cc1sc2c(c1C)C(c1ccc(N3CCC(CN4CCN(c5ccc(C6c7ccc8[nH]ncc8c7CCN6CC(F)(F)F)nc5)CC4)CC3)cc1)=NC(C)c1nnc(C)n1-2.S. The molecule has 0 saturated carbocycles. The minimum absolute atomic E-state index is 0. The average molecular weight is 898 g/mol. The summed E-state index contributed by atoms with van der Waals surface area (Å²) in [6.07, 6.45) is 2.18. The number of aromatic amines is 1. The first kappa shape index (κ1) is 44.8. The zero-order valence-corrected chi connectivity index (χ0v) is 38.8. The lowest BCUT2D eigenvalue weighted by atomic mass is 9.88. The number of thiophene rings is 1. The van der Waals surface area contributed by atoms with Crippen LogP contribution in [-0.2, 0) is 6.42 Å². The first-order valence-corrected chi connectivity index (χ1v) is 23.0. The van der Waals surface area contributed by atoms with Gasteiger partial charge < -0.3 is 9.80 Å². The molecular weight excluding hydrogens is 840 g/mol. The number of piperidine rings is 1. The zero-order chi connectivity index (χ0) is 43.3. The highest BCUT2D eigenvalue weighted by molar-refractivity contribution is 7.59. The number of benzene rings is 2. The fourth-order valence-corrected chi connectivity index (χ4v) is 11.2. The molecule has 4 aliphatic rings. The molecule has 2 saturated heterocycles. The van der Waals surface area contributed by atoms with E-state index >= 15 is 0 Å². The summed E-state index contributed by atoms with van der Waals surface area (Å²) >= 11 is 1.79. The van der Waals surface area contributed by atoms with Gasteiger partial charge in [-0.15, -0.1) is 21.5 Å². The normalized spacial score (nSPS) is 19.7. The van der Waals surface area contributed by atoms with Gasteiger partial charge in [-0.05, 0) is 99.9 Å². The summed E-state index contributed by atoms with van der Waals surface area (Å²) in [5.74, 6) is 2.43. The number of rotatable bonds is 7. The molecule has 334 valence electrons. The van der Waals surface area contributed by atoms with Crippen molar-refractivity contribution < 1.29 is 13.2 Å². The Morgan fingerprint density at radius 2 is 1.54 bits per heavy atom. The van der Waals surface area contributed by atoms with Crippen LogP contribution in [0.1, 0.15) is 95.7 Å². The monoisotopic (exact) mass is 897 g/mol. The number of H-pyrrole nitrogens is 1. The highest BCUT2D eigenvalue weighted by atomic mass is 32.1. The Bertz CT molecular complexity index is 2550. The van der Waals surface area contributed by atoms with Gasteiger partial charge in [-0.2, -0.15) is 31.8 Å². The Kier molecular flexibility index (Phi) is 13.1. The van der Waals surface area contributed by atoms with Crippen LogP contribution in [0.25, 0.3) is 15.9 Å². The third kappa shape index (κ3) is 8.75. The van der Waals surface area contributed by atoms with Crippen LogP contribution in [0, 0.1) is 26.7 Å². The summed E-state index contributed by atoms with van der Waals surface area (Å²) in [5, 5.41) is 18.2. The van der Waals surface area contributed by atoms with Crippen LogP contribution in [0.2, 0.25) is 0 Å². The number of alkyl halides is 3. The smallest absolute Gasteiger partial charge is 0.372 e. The standard InChI is InChI=1S/C45H50F3N11S.C2H6.H2S/c1-27-29(3)60-44-40(27)41(51-28(2)43-54-52-30(4)59(43)44)32-5-7-33(8-6-32)56-16-13-31(14-17-56)25-55-19-21-57(22-20-55)34-9-11-39(49-23-34)42-36-10-12-38-37(24-50-53-38)35(36)15-18-58(42)26-45(46,47)48;1-2;/h5-12,23-24,28,31,42H,13-22,25-26H2,1-4H3,(H,50,53);1-2H3;1H2. The van der Waals surface area contributed by atoms with Crippen molar-refractivity contribution in [2.24, 2.45) is 10.9 Å². The molecule has 0 spiro atoms. The van der Waals surface area contributed by atoms with E-state index in [-0.39, 0.29) is 19.5 Å². The second-order valence-corrected chi connectivity index (χ2v) is 18.2. The number of hydrogen-bond donors (Lipinski definition) is 1. The Morgan fingerprint density at radius 3 is 2.24 bits per heavy atom. The second kappa shape index (κ2) is 18.4. The van der Waals surface area contributed by atoms with E-state index in [0.29, 0.717) is 24.6 Å².